The number of nitrogens with two attached hydrogens (primary N) is 1. The van der Waals surface area contributed by atoms with E-state index in [1.54, 1.807) is 48.5 Å². The third-order valence-electron chi connectivity index (χ3n) is 4.51. The predicted octanol–water partition coefficient (Wildman–Crippen LogP) is 2.61. The summed E-state index contributed by atoms with van der Waals surface area (Å²) >= 11 is 0. The van der Waals surface area contributed by atoms with Crippen molar-refractivity contribution in [1.82, 2.24) is 4.98 Å². The van der Waals surface area contributed by atoms with E-state index < -0.39 is 11.5 Å². The van der Waals surface area contributed by atoms with Crippen LogP contribution in [0.5, 0.6) is 11.5 Å². The number of anilines is 1. The molecule has 9 nitrogen and oxygen atoms in total. The molecule has 2 aromatic carbocycles. The molecule has 0 radical (unpaired) electrons. The number of rotatable bonds is 7. The van der Waals surface area contributed by atoms with Crippen molar-refractivity contribution in [2.75, 3.05) is 26.1 Å². The number of aromatic nitrogens is 1. The molecule has 0 fully saturated rings. The molecule has 160 valence electrons. The number of hydrogen-bond donors (Lipinski definition) is 2. The van der Waals surface area contributed by atoms with Gasteiger partial charge in [-0.15, -0.1) is 0 Å². The number of ether oxygens (including phenoxy) is 3. The van der Waals surface area contributed by atoms with Crippen molar-refractivity contribution >= 4 is 11.8 Å². The molecule has 3 N–H and O–H groups in total. The summed E-state index contributed by atoms with van der Waals surface area (Å²) in [5, 5.41) is 18.7. The fourth-order valence-corrected chi connectivity index (χ4v) is 2.97. The Balaban J connectivity index is 1.64. The lowest BCUT2D eigenvalue weighted by atomic mass is 9.97. The predicted molar refractivity (Wildman–Crippen MR) is 115 cm³/mol. The number of esters is 1. The number of nitrogens with zero attached hydrogens (tertiary/aromatic N) is 2. The molecule has 0 aliphatic carbocycles. The number of benzene rings is 2. The van der Waals surface area contributed by atoms with Crippen LogP contribution in [-0.2, 0) is 4.74 Å². The van der Waals surface area contributed by atoms with Crippen molar-refractivity contribution in [2.24, 2.45) is 0 Å². The molecule has 0 aliphatic rings. The van der Waals surface area contributed by atoms with E-state index in [4.69, 9.17) is 15.2 Å². The van der Waals surface area contributed by atoms with Crippen LogP contribution in [0.25, 0.3) is 11.1 Å². The number of aromatic amines is 1. The van der Waals surface area contributed by atoms with Gasteiger partial charge in [-0.25, -0.2) is 4.79 Å². The Morgan fingerprint density at radius 3 is 1.97 bits per heavy atom. The zero-order valence-corrected chi connectivity index (χ0v) is 17.0. The lowest BCUT2D eigenvalue weighted by molar-refractivity contribution is 0.0600. The third kappa shape index (κ3) is 4.69. The highest BCUT2D eigenvalue weighted by Gasteiger charge is 2.18. The number of methoxy groups -OCH3 is 1. The lowest BCUT2D eigenvalue weighted by Gasteiger charge is -2.11. The zero-order valence-electron chi connectivity index (χ0n) is 17.0. The molecule has 0 saturated carbocycles. The van der Waals surface area contributed by atoms with Gasteiger partial charge in [0.05, 0.1) is 12.7 Å². The molecule has 1 heterocycles. The summed E-state index contributed by atoms with van der Waals surface area (Å²) in [4.78, 5) is 25.8. The standard InChI is InChI=1S/C23H18N4O5/c1-30-23(29)15-4-8-17(9-5-15)32-11-10-31-16-6-2-14(3-7-16)20-18(12-24)21(26)27-22(28)19(20)13-25/h2-9H,10-11H2,1H3,(H3,26,27,28). The van der Waals surface area contributed by atoms with Crippen molar-refractivity contribution in [3.8, 4) is 34.8 Å². The fourth-order valence-electron chi connectivity index (χ4n) is 2.97. The normalized spacial score (nSPS) is 9.97. The van der Waals surface area contributed by atoms with E-state index in [1.165, 1.54) is 7.11 Å². The van der Waals surface area contributed by atoms with Crippen molar-refractivity contribution in [1.29, 1.82) is 10.5 Å². The second kappa shape index (κ2) is 9.83. The Bertz CT molecular complexity index is 1270. The van der Waals surface area contributed by atoms with Gasteiger partial charge in [0.25, 0.3) is 5.56 Å². The molecule has 3 aromatic rings. The maximum Gasteiger partial charge on any atom is 0.337 e. The summed E-state index contributed by atoms with van der Waals surface area (Å²) in [6.07, 6.45) is 0. The molecule has 0 atom stereocenters. The Kier molecular flexibility index (Phi) is 6.74. The number of carbonyl (C=O) groups excluding carboxylic acids is 1. The van der Waals surface area contributed by atoms with Crippen LogP contribution in [0, 0.1) is 22.7 Å². The second-order valence-electron chi connectivity index (χ2n) is 6.45. The second-order valence-corrected chi connectivity index (χ2v) is 6.45. The van der Waals surface area contributed by atoms with Crippen LogP contribution in [0.15, 0.2) is 53.3 Å². The van der Waals surface area contributed by atoms with Gasteiger partial charge in [0.2, 0.25) is 0 Å². The molecular formula is C23H18N4O5. The minimum Gasteiger partial charge on any atom is -0.490 e. The number of nitriles is 2. The van der Waals surface area contributed by atoms with Gasteiger partial charge in [0.1, 0.15) is 53.8 Å². The van der Waals surface area contributed by atoms with Crippen LogP contribution in [-0.4, -0.2) is 31.3 Å². The Hall–Kier alpha value is -4.76. The number of carbonyl (C=O) groups is 1. The minimum atomic E-state index is -0.656. The highest BCUT2D eigenvalue weighted by atomic mass is 16.5. The average molecular weight is 430 g/mol. The summed E-state index contributed by atoms with van der Waals surface area (Å²) in [6.45, 7) is 0.518. The molecule has 0 saturated heterocycles. The first kappa shape index (κ1) is 21.9. The van der Waals surface area contributed by atoms with E-state index in [0.717, 1.165) is 0 Å². The average Bonchev–Trinajstić information content (AvgIpc) is 2.81. The Morgan fingerprint density at radius 1 is 0.938 bits per heavy atom. The van der Waals surface area contributed by atoms with Crippen molar-refractivity contribution in [3.05, 3.63) is 75.6 Å². The largest absolute Gasteiger partial charge is 0.490 e. The highest BCUT2D eigenvalue weighted by Crippen LogP contribution is 2.29. The van der Waals surface area contributed by atoms with E-state index >= 15 is 0 Å². The van der Waals surface area contributed by atoms with E-state index in [9.17, 15) is 20.1 Å². The SMILES string of the molecule is COC(=O)c1ccc(OCCOc2ccc(-c3c(C#N)c(N)[nH]c(=O)c3C#N)cc2)cc1. The first-order chi connectivity index (χ1) is 15.5. The topological polar surface area (TPSA) is 151 Å². The van der Waals surface area contributed by atoms with Crippen LogP contribution in [0.4, 0.5) is 5.82 Å². The first-order valence-electron chi connectivity index (χ1n) is 9.38. The monoisotopic (exact) mass is 430 g/mol. The van der Waals surface area contributed by atoms with E-state index in [-0.39, 0.29) is 35.7 Å². The molecule has 1 aromatic heterocycles. The number of hydrogen-bond acceptors (Lipinski definition) is 8. The maximum atomic E-state index is 12.0. The van der Waals surface area contributed by atoms with Gasteiger partial charge in [-0.05, 0) is 42.0 Å². The zero-order chi connectivity index (χ0) is 23.1. The molecule has 0 aliphatic heterocycles. The van der Waals surface area contributed by atoms with Gasteiger partial charge in [0.15, 0.2) is 0 Å². The summed E-state index contributed by atoms with van der Waals surface area (Å²) in [7, 11) is 1.32. The van der Waals surface area contributed by atoms with Crippen molar-refractivity contribution < 1.29 is 19.0 Å². The number of pyridine rings is 1. The molecule has 32 heavy (non-hydrogen) atoms. The fraction of sp³-hybridized carbons (Fsp3) is 0.130. The smallest absolute Gasteiger partial charge is 0.337 e. The number of H-pyrrole nitrogens is 1. The van der Waals surface area contributed by atoms with Crippen LogP contribution in [0.3, 0.4) is 0 Å². The lowest BCUT2D eigenvalue weighted by Crippen LogP contribution is -2.16. The highest BCUT2D eigenvalue weighted by molar-refractivity contribution is 5.89. The van der Waals surface area contributed by atoms with Gasteiger partial charge < -0.3 is 24.9 Å². The first-order valence-corrected chi connectivity index (χ1v) is 9.38. The van der Waals surface area contributed by atoms with Crippen LogP contribution < -0.4 is 20.8 Å². The molecule has 9 heteroatoms. The van der Waals surface area contributed by atoms with Gasteiger partial charge in [-0.2, -0.15) is 10.5 Å². The van der Waals surface area contributed by atoms with Gasteiger partial charge in [0, 0.05) is 5.56 Å². The quantitative estimate of drug-likeness (QED) is 0.429. The van der Waals surface area contributed by atoms with Crippen LogP contribution in [0.2, 0.25) is 0 Å². The van der Waals surface area contributed by atoms with Crippen molar-refractivity contribution in [3.63, 3.8) is 0 Å². The van der Waals surface area contributed by atoms with Crippen LogP contribution >= 0.6 is 0 Å². The van der Waals surface area contributed by atoms with E-state index in [1.807, 2.05) is 12.1 Å². The molecule has 0 bridgehead atoms. The summed E-state index contributed by atoms with van der Waals surface area (Å²) in [5.74, 6) is 0.600. The molecule has 3 rings (SSSR count). The molecular weight excluding hydrogens is 412 g/mol. The summed E-state index contributed by atoms with van der Waals surface area (Å²) in [6, 6.07) is 16.9. The van der Waals surface area contributed by atoms with Gasteiger partial charge >= 0.3 is 5.97 Å². The van der Waals surface area contributed by atoms with E-state index in [2.05, 4.69) is 9.72 Å². The number of nitrogens with one attached hydrogen (secondary N) is 1. The van der Waals surface area contributed by atoms with Gasteiger partial charge in [-0.1, -0.05) is 12.1 Å². The Morgan fingerprint density at radius 2 is 1.47 bits per heavy atom. The molecule has 0 amide bonds. The van der Waals surface area contributed by atoms with Crippen LogP contribution in [0.1, 0.15) is 21.5 Å². The maximum absolute atomic E-state index is 12.0. The van der Waals surface area contributed by atoms with Gasteiger partial charge in [-0.3, -0.25) is 4.79 Å². The summed E-state index contributed by atoms with van der Waals surface area (Å²) < 4.78 is 15.9. The van der Waals surface area contributed by atoms with E-state index in [0.29, 0.717) is 22.6 Å². The number of nitrogen functional groups attached to an aromatic ring is 1. The Labute approximate surface area is 183 Å². The summed E-state index contributed by atoms with van der Waals surface area (Å²) in [5.41, 5.74) is 6.02. The third-order valence-corrected chi connectivity index (χ3v) is 4.51. The molecule has 0 spiro atoms. The van der Waals surface area contributed by atoms with Crippen molar-refractivity contribution in [2.45, 2.75) is 0 Å². The minimum absolute atomic E-state index is 0.0291. The molecule has 0 unspecified atom stereocenters.